The molecule has 1 heterocycles. The Morgan fingerprint density at radius 3 is 2.13 bits per heavy atom. The molecule has 3 rings (SSSR count). The minimum atomic E-state index is -0.463. The predicted molar refractivity (Wildman–Crippen MR) is 124 cm³/mol. The highest BCUT2D eigenvalue weighted by Crippen LogP contribution is 2.35. The number of likely N-dealkylation sites (N-methyl/N-ethyl adjacent to an activating group) is 1. The summed E-state index contributed by atoms with van der Waals surface area (Å²) in [5, 5.41) is 2.83. The molecule has 2 aromatic rings. The number of ether oxygens (including phenoxy) is 1. The van der Waals surface area contributed by atoms with Crippen LogP contribution in [0.25, 0.3) is 0 Å². The van der Waals surface area contributed by atoms with E-state index in [1.54, 1.807) is 0 Å². The lowest BCUT2D eigenvalue weighted by atomic mass is 10.0. The van der Waals surface area contributed by atoms with Crippen molar-refractivity contribution in [3.05, 3.63) is 59.7 Å². The second kappa shape index (κ2) is 9.98. The summed E-state index contributed by atoms with van der Waals surface area (Å²) in [5.74, 6) is 0. The normalized spacial score (nSPS) is 13.4. The van der Waals surface area contributed by atoms with Gasteiger partial charge in [-0.25, -0.2) is 4.79 Å². The number of benzene rings is 2. The van der Waals surface area contributed by atoms with Crippen LogP contribution in [0.1, 0.15) is 38.3 Å². The Morgan fingerprint density at radius 1 is 1.00 bits per heavy atom. The third kappa shape index (κ3) is 6.23. The fraction of sp³-hybridized carbons (Fsp3) is 0.480. The first-order valence-electron chi connectivity index (χ1n) is 10.9. The molecule has 162 valence electrons. The summed E-state index contributed by atoms with van der Waals surface area (Å²) in [6, 6.07) is 17.5. The number of fused-ring (bicyclic) bond motifs is 2. The monoisotopic (exact) mass is 409 g/mol. The van der Waals surface area contributed by atoms with Crippen LogP contribution in [-0.4, -0.2) is 49.8 Å². The van der Waals surface area contributed by atoms with Crippen LogP contribution in [0.5, 0.6) is 0 Å². The molecule has 0 spiro atoms. The van der Waals surface area contributed by atoms with E-state index in [0.29, 0.717) is 6.54 Å². The molecule has 1 aliphatic heterocycles. The molecule has 1 N–H and O–H groups in total. The van der Waals surface area contributed by atoms with E-state index in [9.17, 15) is 4.79 Å². The van der Waals surface area contributed by atoms with Crippen molar-refractivity contribution in [3.63, 3.8) is 0 Å². The quantitative estimate of drug-likeness (QED) is 0.715. The molecule has 1 aliphatic rings. The van der Waals surface area contributed by atoms with Gasteiger partial charge in [0.2, 0.25) is 0 Å². The van der Waals surface area contributed by atoms with Crippen molar-refractivity contribution in [2.45, 2.75) is 45.6 Å². The summed E-state index contributed by atoms with van der Waals surface area (Å²) in [4.78, 5) is 16.5. The van der Waals surface area contributed by atoms with Gasteiger partial charge in [-0.1, -0.05) is 36.4 Å². The van der Waals surface area contributed by atoms with Gasteiger partial charge in [0.15, 0.2) is 0 Å². The Labute approximate surface area is 181 Å². The van der Waals surface area contributed by atoms with Gasteiger partial charge in [0.25, 0.3) is 0 Å². The third-order valence-electron chi connectivity index (χ3n) is 5.31. The number of hydrogen-bond donors (Lipinski definition) is 1. The molecule has 2 aromatic carbocycles. The number of nitrogens with zero attached hydrogens (tertiary/aromatic N) is 2. The molecule has 0 bridgehead atoms. The Hall–Kier alpha value is -2.53. The largest absolute Gasteiger partial charge is 0.444 e. The maximum atomic E-state index is 11.8. The van der Waals surface area contributed by atoms with Crippen molar-refractivity contribution < 1.29 is 9.53 Å². The smallest absolute Gasteiger partial charge is 0.407 e. The predicted octanol–water partition coefficient (Wildman–Crippen LogP) is 4.77. The highest BCUT2D eigenvalue weighted by Gasteiger charge is 2.20. The van der Waals surface area contributed by atoms with Crippen LogP contribution in [0.2, 0.25) is 0 Å². The first kappa shape index (κ1) is 22.2. The Morgan fingerprint density at radius 2 is 1.57 bits per heavy atom. The van der Waals surface area contributed by atoms with E-state index >= 15 is 0 Å². The van der Waals surface area contributed by atoms with E-state index in [2.05, 4.69) is 70.7 Å². The molecule has 0 saturated carbocycles. The van der Waals surface area contributed by atoms with Gasteiger partial charge in [-0.2, -0.15) is 0 Å². The lowest BCUT2D eigenvalue weighted by molar-refractivity contribution is 0.0523. The molecule has 0 unspecified atom stereocenters. The molecule has 0 fully saturated rings. The number of nitrogens with one attached hydrogen (secondary N) is 1. The number of carbonyl (C=O) groups is 1. The zero-order chi connectivity index (χ0) is 21.6. The van der Waals surface area contributed by atoms with Gasteiger partial charge >= 0.3 is 6.09 Å². The van der Waals surface area contributed by atoms with Gasteiger partial charge in [0.05, 0.1) is 0 Å². The van der Waals surface area contributed by atoms with Crippen LogP contribution in [0.15, 0.2) is 48.5 Å². The summed E-state index contributed by atoms with van der Waals surface area (Å²) in [6.07, 6.45) is 2.86. The first-order chi connectivity index (χ1) is 14.3. The average molecular weight is 410 g/mol. The molecule has 0 atom stereocenters. The summed E-state index contributed by atoms with van der Waals surface area (Å²) in [7, 11) is 2.10. The van der Waals surface area contributed by atoms with Gasteiger partial charge in [-0.05, 0) is 76.9 Å². The molecule has 0 radical (unpaired) electrons. The van der Waals surface area contributed by atoms with Crippen LogP contribution in [0.3, 0.4) is 0 Å². The number of rotatable bonds is 7. The lowest BCUT2D eigenvalue weighted by Crippen LogP contribution is -2.37. The van der Waals surface area contributed by atoms with Crippen LogP contribution in [-0.2, 0) is 17.6 Å². The molecular formula is C25H35N3O2. The van der Waals surface area contributed by atoms with Crippen LogP contribution < -0.4 is 10.2 Å². The van der Waals surface area contributed by atoms with Crippen molar-refractivity contribution in [2.75, 3.05) is 38.1 Å². The Balaban J connectivity index is 1.53. The molecule has 0 aromatic heterocycles. The molecule has 0 saturated heterocycles. The summed E-state index contributed by atoms with van der Waals surface area (Å²) < 4.78 is 5.28. The van der Waals surface area contributed by atoms with E-state index in [-0.39, 0.29) is 6.09 Å². The maximum Gasteiger partial charge on any atom is 0.407 e. The number of hydrogen-bond acceptors (Lipinski definition) is 4. The van der Waals surface area contributed by atoms with Crippen molar-refractivity contribution in [3.8, 4) is 0 Å². The lowest BCUT2D eigenvalue weighted by Gasteiger charge is -2.28. The zero-order valence-electron chi connectivity index (χ0n) is 18.8. The minimum absolute atomic E-state index is 0.353. The number of amides is 1. The number of anilines is 2. The summed E-state index contributed by atoms with van der Waals surface area (Å²) in [5.41, 5.74) is 5.04. The number of carbonyl (C=O) groups excluding carboxylic acids is 1. The van der Waals surface area contributed by atoms with E-state index in [1.165, 1.54) is 22.5 Å². The van der Waals surface area contributed by atoms with E-state index in [1.807, 2.05) is 20.8 Å². The van der Waals surface area contributed by atoms with Crippen molar-refractivity contribution in [2.24, 2.45) is 0 Å². The maximum absolute atomic E-state index is 11.8. The fourth-order valence-electron chi connectivity index (χ4n) is 3.88. The molecule has 1 amide bonds. The Bertz CT molecular complexity index is 797. The SMILES string of the molecule is CN(CCCN1c2ccccc2CCc2ccccc21)CCNC(=O)OC(C)(C)C. The van der Waals surface area contributed by atoms with Crippen LogP contribution in [0.4, 0.5) is 16.2 Å². The molecule has 30 heavy (non-hydrogen) atoms. The highest BCUT2D eigenvalue weighted by molar-refractivity contribution is 5.71. The first-order valence-corrected chi connectivity index (χ1v) is 10.9. The standard InChI is InChI=1S/C25H35N3O2/c1-25(2,3)30-24(29)26-16-19-27(4)17-9-18-28-22-12-7-5-10-20(22)14-15-21-11-6-8-13-23(21)28/h5-8,10-13H,9,14-19H2,1-4H3,(H,26,29). The third-order valence-corrected chi connectivity index (χ3v) is 5.31. The summed E-state index contributed by atoms with van der Waals surface area (Å²) >= 11 is 0. The second-order valence-corrected chi connectivity index (χ2v) is 8.99. The zero-order valence-corrected chi connectivity index (χ0v) is 18.8. The van der Waals surface area contributed by atoms with Gasteiger partial charge in [-0.3, -0.25) is 0 Å². The number of aryl methyl sites for hydroxylation is 2. The number of para-hydroxylation sites is 2. The van der Waals surface area contributed by atoms with Crippen molar-refractivity contribution >= 4 is 17.5 Å². The van der Waals surface area contributed by atoms with E-state index in [0.717, 1.165) is 38.9 Å². The minimum Gasteiger partial charge on any atom is -0.444 e. The fourth-order valence-corrected chi connectivity index (χ4v) is 3.88. The average Bonchev–Trinajstić information content (AvgIpc) is 2.84. The number of alkyl carbamates (subject to hydrolysis) is 1. The Kier molecular flexibility index (Phi) is 7.38. The van der Waals surface area contributed by atoms with Gasteiger partial charge < -0.3 is 19.9 Å². The van der Waals surface area contributed by atoms with Crippen LogP contribution in [0, 0.1) is 0 Å². The van der Waals surface area contributed by atoms with Gasteiger partial charge in [0, 0.05) is 31.0 Å². The highest BCUT2D eigenvalue weighted by atomic mass is 16.6. The van der Waals surface area contributed by atoms with Crippen LogP contribution >= 0.6 is 0 Å². The van der Waals surface area contributed by atoms with Gasteiger partial charge in [0.1, 0.15) is 5.60 Å². The topological polar surface area (TPSA) is 44.8 Å². The van der Waals surface area contributed by atoms with Crippen molar-refractivity contribution in [1.82, 2.24) is 10.2 Å². The van der Waals surface area contributed by atoms with Gasteiger partial charge in [-0.15, -0.1) is 0 Å². The molecular weight excluding hydrogens is 374 g/mol. The van der Waals surface area contributed by atoms with E-state index in [4.69, 9.17) is 4.74 Å². The summed E-state index contributed by atoms with van der Waals surface area (Å²) in [6.45, 7) is 8.94. The van der Waals surface area contributed by atoms with Crippen molar-refractivity contribution in [1.29, 1.82) is 0 Å². The molecule has 0 aliphatic carbocycles. The molecule has 5 heteroatoms. The molecule has 5 nitrogen and oxygen atoms in total. The van der Waals surface area contributed by atoms with E-state index < -0.39 is 5.60 Å². The second-order valence-electron chi connectivity index (χ2n) is 8.99.